The number of anilines is 1. The Morgan fingerprint density at radius 2 is 1.97 bits per heavy atom. The van der Waals surface area contributed by atoms with Crippen molar-refractivity contribution in [3.63, 3.8) is 0 Å². The lowest BCUT2D eigenvalue weighted by Gasteiger charge is -2.33. The number of carbonyl (C=O) groups is 2. The van der Waals surface area contributed by atoms with Gasteiger partial charge in [0.1, 0.15) is 0 Å². The van der Waals surface area contributed by atoms with E-state index in [0.29, 0.717) is 23.6 Å². The van der Waals surface area contributed by atoms with Gasteiger partial charge < -0.3 is 5.32 Å². The number of amides is 2. The molecule has 2 amide bonds. The normalized spacial score (nSPS) is 26.4. The molecule has 2 atom stereocenters. The lowest BCUT2D eigenvalue weighted by molar-refractivity contribution is -0.132. The van der Waals surface area contributed by atoms with E-state index < -0.39 is 5.41 Å². The van der Waals surface area contributed by atoms with Gasteiger partial charge in [0, 0.05) is 12.6 Å². The predicted octanol–water partition coefficient (Wildman–Crippen LogP) is 3.85. The fourth-order valence-electron chi connectivity index (χ4n) is 5.90. The molecule has 1 aromatic heterocycles. The molecule has 7 heteroatoms. The van der Waals surface area contributed by atoms with Gasteiger partial charge >= 0.3 is 0 Å². The lowest BCUT2D eigenvalue weighted by atomic mass is 9.72. The van der Waals surface area contributed by atoms with Gasteiger partial charge in [-0.05, 0) is 74.3 Å². The zero-order valence-electron chi connectivity index (χ0n) is 17.0. The average molecular weight is 401 g/mol. The van der Waals surface area contributed by atoms with E-state index in [1.807, 2.05) is 0 Å². The summed E-state index contributed by atoms with van der Waals surface area (Å²) in [5.74, 6) is 0.878. The maximum Gasteiger partial charge on any atom is 0.243 e. The van der Waals surface area contributed by atoms with E-state index in [0.717, 1.165) is 25.7 Å². The molecule has 3 saturated carbocycles. The van der Waals surface area contributed by atoms with Crippen LogP contribution in [0.15, 0.2) is 18.3 Å². The summed E-state index contributed by atoms with van der Waals surface area (Å²) in [5.41, 5.74) is 1.66. The van der Waals surface area contributed by atoms with Crippen LogP contribution in [0.2, 0.25) is 0 Å². The van der Waals surface area contributed by atoms with Crippen LogP contribution >= 0.6 is 0 Å². The maximum absolute atomic E-state index is 13.5. The second-order valence-electron chi connectivity index (χ2n) is 9.72. The van der Waals surface area contributed by atoms with Crippen molar-refractivity contribution >= 4 is 17.6 Å². The molecule has 4 rings (SSSR count). The van der Waals surface area contributed by atoms with Gasteiger partial charge in [0.15, 0.2) is 5.82 Å². The molecule has 3 fully saturated rings. The first-order valence-electron chi connectivity index (χ1n) is 11.0. The lowest BCUT2D eigenvalue weighted by Crippen LogP contribution is -2.38. The number of aromatic nitrogens is 2. The molecule has 1 spiro atoms. The highest BCUT2D eigenvalue weighted by Gasteiger charge is 2.58. The van der Waals surface area contributed by atoms with Gasteiger partial charge in [-0.15, -0.1) is 5.10 Å². The fourth-order valence-corrected chi connectivity index (χ4v) is 5.90. The summed E-state index contributed by atoms with van der Waals surface area (Å²) in [6.45, 7) is 0. The van der Waals surface area contributed by atoms with Crippen molar-refractivity contribution in [2.75, 3.05) is 5.32 Å². The SMILES string of the molecule is O=C(CC(CC1CCCC1)CC1(C(=O)Nc2cccnn2)CCC2(CC2)C1)NO. The van der Waals surface area contributed by atoms with Crippen LogP contribution in [0, 0.1) is 22.7 Å². The van der Waals surface area contributed by atoms with Gasteiger partial charge in [-0.3, -0.25) is 14.8 Å². The van der Waals surface area contributed by atoms with Crippen molar-refractivity contribution in [3.8, 4) is 0 Å². The van der Waals surface area contributed by atoms with Crippen LogP contribution in [0.5, 0.6) is 0 Å². The van der Waals surface area contributed by atoms with Crippen LogP contribution in [-0.2, 0) is 9.59 Å². The van der Waals surface area contributed by atoms with Crippen molar-refractivity contribution < 1.29 is 14.8 Å². The molecule has 158 valence electrons. The average Bonchev–Trinajstić information content (AvgIpc) is 3.11. The Kier molecular flexibility index (Phi) is 5.86. The van der Waals surface area contributed by atoms with Gasteiger partial charge in [-0.1, -0.05) is 25.7 Å². The minimum atomic E-state index is -0.465. The Morgan fingerprint density at radius 3 is 2.59 bits per heavy atom. The van der Waals surface area contributed by atoms with Gasteiger partial charge in [-0.25, -0.2) is 5.48 Å². The minimum Gasteiger partial charge on any atom is -0.309 e. The van der Waals surface area contributed by atoms with Crippen LogP contribution in [0.4, 0.5) is 5.82 Å². The molecule has 2 unspecified atom stereocenters. The first-order valence-corrected chi connectivity index (χ1v) is 11.0. The molecule has 0 radical (unpaired) electrons. The molecule has 1 heterocycles. The number of carbonyl (C=O) groups excluding carboxylic acids is 2. The van der Waals surface area contributed by atoms with Gasteiger partial charge in [0.25, 0.3) is 0 Å². The highest BCUT2D eigenvalue weighted by molar-refractivity contribution is 5.95. The van der Waals surface area contributed by atoms with Gasteiger partial charge in [-0.2, -0.15) is 5.10 Å². The molecule has 0 saturated heterocycles. The van der Waals surface area contributed by atoms with Crippen molar-refractivity contribution in [3.05, 3.63) is 18.3 Å². The van der Waals surface area contributed by atoms with Gasteiger partial charge in [0.05, 0.1) is 5.41 Å². The monoisotopic (exact) mass is 400 g/mol. The summed E-state index contributed by atoms with van der Waals surface area (Å²) in [6, 6.07) is 3.52. The number of hydrogen-bond acceptors (Lipinski definition) is 5. The molecular weight excluding hydrogens is 368 g/mol. The first kappa shape index (κ1) is 20.3. The van der Waals surface area contributed by atoms with Crippen LogP contribution < -0.4 is 10.8 Å². The minimum absolute atomic E-state index is 0.0163. The Morgan fingerprint density at radius 1 is 1.21 bits per heavy atom. The molecule has 3 N–H and O–H groups in total. The van der Waals surface area contributed by atoms with E-state index in [1.54, 1.807) is 23.8 Å². The second kappa shape index (κ2) is 8.38. The van der Waals surface area contributed by atoms with E-state index in [-0.39, 0.29) is 24.2 Å². The molecular formula is C22H32N4O3. The largest absolute Gasteiger partial charge is 0.309 e. The van der Waals surface area contributed by atoms with E-state index in [1.165, 1.54) is 38.5 Å². The second-order valence-corrected chi connectivity index (χ2v) is 9.72. The molecule has 3 aliphatic carbocycles. The summed E-state index contributed by atoms with van der Waals surface area (Å²) in [5, 5.41) is 19.9. The third kappa shape index (κ3) is 4.77. The van der Waals surface area contributed by atoms with Gasteiger partial charge in [0.2, 0.25) is 11.8 Å². The molecule has 0 bridgehead atoms. The Balaban J connectivity index is 1.52. The van der Waals surface area contributed by atoms with E-state index in [4.69, 9.17) is 5.21 Å². The zero-order chi connectivity index (χ0) is 20.3. The molecule has 7 nitrogen and oxygen atoms in total. The molecule has 1 aromatic rings. The van der Waals surface area contributed by atoms with Crippen LogP contribution in [0.3, 0.4) is 0 Å². The third-order valence-electron chi connectivity index (χ3n) is 7.52. The zero-order valence-corrected chi connectivity index (χ0v) is 17.0. The summed E-state index contributed by atoms with van der Waals surface area (Å²) in [7, 11) is 0. The molecule has 0 aliphatic heterocycles. The fraction of sp³-hybridized carbons (Fsp3) is 0.727. The highest BCUT2D eigenvalue weighted by atomic mass is 16.5. The van der Waals surface area contributed by atoms with Crippen molar-refractivity contribution in [1.29, 1.82) is 0 Å². The number of nitrogens with zero attached hydrogens (tertiary/aromatic N) is 2. The number of nitrogens with one attached hydrogen (secondary N) is 2. The van der Waals surface area contributed by atoms with Crippen LogP contribution in [0.25, 0.3) is 0 Å². The smallest absolute Gasteiger partial charge is 0.243 e. The quantitative estimate of drug-likeness (QED) is 0.454. The van der Waals surface area contributed by atoms with Crippen molar-refractivity contribution in [2.45, 2.75) is 77.0 Å². The number of rotatable bonds is 8. The first-order chi connectivity index (χ1) is 14.0. The third-order valence-corrected chi connectivity index (χ3v) is 7.52. The summed E-state index contributed by atoms with van der Waals surface area (Å²) < 4.78 is 0. The summed E-state index contributed by atoms with van der Waals surface area (Å²) in [6.07, 6.45) is 13.7. The summed E-state index contributed by atoms with van der Waals surface area (Å²) in [4.78, 5) is 25.4. The molecule has 0 aromatic carbocycles. The highest BCUT2D eigenvalue weighted by Crippen LogP contribution is 2.65. The van der Waals surface area contributed by atoms with E-state index >= 15 is 0 Å². The Bertz CT molecular complexity index is 731. The number of hydrogen-bond donors (Lipinski definition) is 3. The van der Waals surface area contributed by atoms with E-state index in [2.05, 4.69) is 15.5 Å². The topological polar surface area (TPSA) is 104 Å². The number of hydroxylamine groups is 1. The molecule has 3 aliphatic rings. The predicted molar refractivity (Wildman–Crippen MR) is 108 cm³/mol. The summed E-state index contributed by atoms with van der Waals surface area (Å²) >= 11 is 0. The maximum atomic E-state index is 13.5. The molecule has 29 heavy (non-hydrogen) atoms. The standard InChI is InChI=1S/C22H32N4O3/c27-19(26-29)13-17(12-16-4-1-2-5-16)14-22(10-9-21(15-22)7-8-21)20(28)24-18-6-3-11-23-25-18/h3,6,11,16-17,29H,1-2,4-5,7-10,12-15H2,(H,26,27)(H,24,25,28). The van der Waals surface area contributed by atoms with Crippen molar-refractivity contribution in [2.24, 2.45) is 22.7 Å². The Labute approximate surface area is 172 Å². The van der Waals surface area contributed by atoms with Crippen LogP contribution in [0.1, 0.15) is 77.0 Å². The van der Waals surface area contributed by atoms with Crippen molar-refractivity contribution in [1.82, 2.24) is 15.7 Å². The van der Waals surface area contributed by atoms with E-state index in [9.17, 15) is 9.59 Å². The Hall–Kier alpha value is -2.02. The van der Waals surface area contributed by atoms with Crippen LogP contribution in [-0.4, -0.2) is 27.2 Å².